The predicted molar refractivity (Wildman–Crippen MR) is 117 cm³/mol. The number of nitrogens with zero attached hydrogens (tertiary/aromatic N) is 2. The van der Waals surface area contributed by atoms with Gasteiger partial charge in [0.05, 0.1) is 0 Å². The number of para-hydroxylation sites is 1. The number of carbonyl (C=O) groups is 1. The monoisotopic (exact) mass is 421 g/mol. The Morgan fingerprint density at radius 1 is 1.03 bits per heavy atom. The van der Waals surface area contributed by atoms with E-state index in [-0.39, 0.29) is 5.91 Å². The van der Waals surface area contributed by atoms with Crippen LogP contribution in [0.4, 0.5) is 0 Å². The first-order valence-corrected chi connectivity index (χ1v) is 11.3. The quantitative estimate of drug-likeness (QED) is 0.328. The summed E-state index contributed by atoms with van der Waals surface area (Å²) >= 11 is 3.17. The Labute approximate surface area is 177 Å². The maximum Gasteiger partial charge on any atom is 0.287 e. The SMILES string of the molecule is CSc1ccc(CNC(=O)c2oc3ccccc3c2CSc2ncccn2)cc1. The second-order valence-electron chi connectivity index (χ2n) is 6.26. The standard InChI is InChI=1S/C22H19N3O2S2/c1-28-16-9-7-15(8-10-16)13-25-21(26)20-18(14-29-22-23-11-4-12-24-22)17-5-2-3-6-19(17)27-20/h2-12H,13-14H2,1H3,(H,25,26). The average molecular weight is 422 g/mol. The Kier molecular flexibility index (Phi) is 6.17. The topological polar surface area (TPSA) is 68.0 Å². The van der Waals surface area contributed by atoms with E-state index in [9.17, 15) is 4.79 Å². The van der Waals surface area contributed by atoms with Gasteiger partial charge in [0.2, 0.25) is 0 Å². The second kappa shape index (κ2) is 9.15. The Balaban J connectivity index is 1.54. The first-order valence-electron chi connectivity index (χ1n) is 9.06. The smallest absolute Gasteiger partial charge is 0.287 e. The van der Waals surface area contributed by atoms with Gasteiger partial charge in [-0.2, -0.15) is 0 Å². The van der Waals surface area contributed by atoms with Crippen molar-refractivity contribution in [1.29, 1.82) is 0 Å². The molecule has 0 bridgehead atoms. The Bertz CT molecular complexity index is 1110. The van der Waals surface area contributed by atoms with E-state index in [0.29, 0.717) is 28.8 Å². The van der Waals surface area contributed by atoms with Gasteiger partial charge >= 0.3 is 0 Å². The van der Waals surface area contributed by atoms with Crippen LogP contribution in [0.15, 0.2) is 81.5 Å². The molecule has 0 fully saturated rings. The van der Waals surface area contributed by atoms with Crippen LogP contribution < -0.4 is 5.32 Å². The zero-order chi connectivity index (χ0) is 20.1. The van der Waals surface area contributed by atoms with Crippen molar-refractivity contribution in [1.82, 2.24) is 15.3 Å². The number of nitrogens with one attached hydrogen (secondary N) is 1. The Hall–Kier alpha value is -2.77. The van der Waals surface area contributed by atoms with Crippen molar-refractivity contribution in [3.05, 3.63) is 83.9 Å². The molecule has 0 spiro atoms. The molecule has 1 amide bonds. The zero-order valence-electron chi connectivity index (χ0n) is 15.8. The van der Waals surface area contributed by atoms with Gasteiger partial charge in [0.1, 0.15) is 5.58 Å². The highest BCUT2D eigenvalue weighted by Crippen LogP contribution is 2.31. The summed E-state index contributed by atoms with van der Waals surface area (Å²) in [6.45, 7) is 0.443. The molecule has 146 valence electrons. The van der Waals surface area contributed by atoms with Gasteiger partial charge in [-0.1, -0.05) is 42.1 Å². The molecule has 0 radical (unpaired) electrons. The maximum absolute atomic E-state index is 12.9. The van der Waals surface area contributed by atoms with Crippen LogP contribution in [0.3, 0.4) is 0 Å². The number of carbonyl (C=O) groups excluding carboxylic acids is 1. The molecule has 2 heterocycles. The van der Waals surface area contributed by atoms with Crippen LogP contribution in [0.2, 0.25) is 0 Å². The fourth-order valence-corrected chi connectivity index (χ4v) is 4.17. The maximum atomic E-state index is 12.9. The number of hydrogen-bond acceptors (Lipinski definition) is 6. The first-order chi connectivity index (χ1) is 14.2. The number of fused-ring (bicyclic) bond motifs is 1. The lowest BCUT2D eigenvalue weighted by molar-refractivity contribution is 0.0924. The summed E-state index contributed by atoms with van der Waals surface area (Å²) < 4.78 is 5.90. The van der Waals surface area contributed by atoms with Gasteiger partial charge in [-0.3, -0.25) is 4.79 Å². The Morgan fingerprint density at radius 2 is 1.79 bits per heavy atom. The number of thioether (sulfide) groups is 2. The van der Waals surface area contributed by atoms with Crippen LogP contribution in [0.5, 0.6) is 0 Å². The van der Waals surface area contributed by atoms with Gasteiger partial charge in [-0.05, 0) is 36.1 Å². The van der Waals surface area contributed by atoms with Crippen molar-refractivity contribution < 1.29 is 9.21 Å². The number of benzene rings is 2. The highest BCUT2D eigenvalue weighted by molar-refractivity contribution is 7.98. The molecule has 7 heteroatoms. The molecule has 0 unspecified atom stereocenters. The molecule has 0 saturated heterocycles. The van der Waals surface area contributed by atoms with Crippen LogP contribution in [0.1, 0.15) is 21.7 Å². The second-order valence-corrected chi connectivity index (χ2v) is 8.08. The number of hydrogen-bond donors (Lipinski definition) is 1. The highest BCUT2D eigenvalue weighted by atomic mass is 32.2. The van der Waals surface area contributed by atoms with Crippen LogP contribution >= 0.6 is 23.5 Å². The Morgan fingerprint density at radius 3 is 2.55 bits per heavy atom. The van der Waals surface area contributed by atoms with E-state index in [4.69, 9.17) is 4.42 Å². The molecule has 2 aromatic heterocycles. The number of rotatable bonds is 7. The fourth-order valence-electron chi connectivity index (χ4n) is 2.93. The molecule has 0 atom stereocenters. The molecule has 1 N–H and O–H groups in total. The fraction of sp³-hybridized carbons (Fsp3) is 0.136. The molecular weight excluding hydrogens is 402 g/mol. The van der Waals surface area contributed by atoms with Gasteiger partial charge in [0.25, 0.3) is 5.91 Å². The highest BCUT2D eigenvalue weighted by Gasteiger charge is 2.20. The lowest BCUT2D eigenvalue weighted by atomic mass is 10.1. The minimum Gasteiger partial charge on any atom is -0.451 e. The summed E-state index contributed by atoms with van der Waals surface area (Å²) in [5.41, 5.74) is 2.60. The number of amides is 1. The zero-order valence-corrected chi connectivity index (χ0v) is 17.4. The number of furan rings is 1. The van der Waals surface area contributed by atoms with Crippen molar-refractivity contribution in [2.24, 2.45) is 0 Å². The van der Waals surface area contributed by atoms with Crippen LogP contribution in [0.25, 0.3) is 11.0 Å². The molecule has 5 nitrogen and oxygen atoms in total. The molecule has 2 aromatic carbocycles. The van der Waals surface area contributed by atoms with Crippen molar-refractivity contribution in [2.75, 3.05) is 6.26 Å². The summed E-state index contributed by atoms with van der Waals surface area (Å²) in [6, 6.07) is 17.6. The lowest BCUT2D eigenvalue weighted by Crippen LogP contribution is -2.23. The summed E-state index contributed by atoms with van der Waals surface area (Å²) in [7, 11) is 0. The largest absolute Gasteiger partial charge is 0.451 e. The van der Waals surface area contributed by atoms with E-state index in [1.165, 1.54) is 16.7 Å². The first kappa shape index (κ1) is 19.5. The van der Waals surface area contributed by atoms with Crippen molar-refractivity contribution >= 4 is 40.4 Å². The number of aromatic nitrogens is 2. The van der Waals surface area contributed by atoms with E-state index >= 15 is 0 Å². The van der Waals surface area contributed by atoms with Crippen LogP contribution in [-0.2, 0) is 12.3 Å². The van der Waals surface area contributed by atoms with E-state index in [0.717, 1.165) is 16.5 Å². The van der Waals surface area contributed by atoms with Crippen molar-refractivity contribution in [3.63, 3.8) is 0 Å². The normalized spacial score (nSPS) is 10.9. The summed E-state index contributed by atoms with van der Waals surface area (Å²) in [6.07, 6.45) is 5.45. The third-order valence-electron chi connectivity index (χ3n) is 4.40. The van der Waals surface area contributed by atoms with Crippen molar-refractivity contribution in [2.45, 2.75) is 22.3 Å². The van der Waals surface area contributed by atoms with Crippen LogP contribution in [-0.4, -0.2) is 22.1 Å². The van der Waals surface area contributed by atoms with E-state index in [1.807, 2.05) is 42.7 Å². The minimum absolute atomic E-state index is 0.222. The van der Waals surface area contributed by atoms with Gasteiger partial charge in [0, 0.05) is 40.5 Å². The molecule has 0 aliphatic rings. The van der Waals surface area contributed by atoms with E-state index < -0.39 is 0 Å². The molecule has 4 rings (SSSR count). The summed E-state index contributed by atoms with van der Waals surface area (Å²) in [5, 5.41) is 4.57. The molecule has 0 saturated carbocycles. The molecule has 4 aromatic rings. The molecule has 0 aliphatic carbocycles. The van der Waals surface area contributed by atoms with E-state index in [1.54, 1.807) is 30.2 Å². The van der Waals surface area contributed by atoms with Gasteiger partial charge in [0.15, 0.2) is 10.9 Å². The molecular formula is C22H19N3O2S2. The third-order valence-corrected chi connectivity index (χ3v) is 6.05. The summed E-state index contributed by atoms with van der Waals surface area (Å²) in [4.78, 5) is 22.6. The predicted octanol–water partition coefficient (Wildman–Crippen LogP) is 5.17. The van der Waals surface area contributed by atoms with Gasteiger partial charge in [-0.25, -0.2) is 9.97 Å². The average Bonchev–Trinajstić information content (AvgIpc) is 3.16. The lowest BCUT2D eigenvalue weighted by Gasteiger charge is -2.06. The van der Waals surface area contributed by atoms with Gasteiger partial charge in [-0.15, -0.1) is 11.8 Å². The third kappa shape index (κ3) is 4.63. The molecule has 0 aliphatic heterocycles. The minimum atomic E-state index is -0.222. The summed E-state index contributed by atoms with van der Waals surface area (Å²) in [5.74, 6) is 0.668. The molecule has 29 heavy (non-hydrogen) atoms. The van der Waals surface area contributed by atoms with Crippen molar-refractivity contribution in [3.8, 4) is 0 Å². The van der Waals surface area contributed by atoms with Crippen LogP contribution in [0, 0.1) is 0 Å². The van der Waals surface area contributed by atoms with Gasteiger partial charge < -0.3 is 9.73 Å². The van der Waals surface area contributed by atoms with E-state index in [2.05, 4.69) is 27.4 Å².